The van der Waals surface area contributed by atoms with Gasteiger partial charge in [-0.2, -0.15) is 0 Å². The summed E-state index contributed by atoms with van der Waals surface area (Å²) in [6.07, 6.45) is 4.30. The number of aliphatic carboxylic acids is 1. The molecule has 0 saturated heterocycles. The van der Waals surface area contributed by atoms with Crippen molar-refractivity contribution < 1.29 is 9.90 Å². The topological polar surface area (TPSA) is 75.1 Å². The van der Waals surface area contributed by atoms with Crippen LogP contribution in [-0.4, -0.2) is 26.6 Å². The zero-order valence-electron chi connectivity index (χ0n) is 8.90. The van der Waals surface area contributed by atoms with E-state index in [9.17, 15) is 4.79 Å². The van der Waals surface area contributed by atoms with Crippen LogP contribution >= 0.6 is 0 Å². The molecule has 2 N–H and O–H groups in total. The number of hydrogen-bond acceptors (Lipinski definition) is 4. The van der Waals surface area contributed by atoms with Crippen molar-refractivity contribution >= 4 is 11.8 Å². The minimum absolute atomic E-state index is 0.531. The maximum Gasteiger partial charge on any atom is 0.329 e. The van der Waals surface area contributed by atoms with E-state index in [1.165, 1.54) is 6.33 Å². The summed E-state index contributed by atoms with van der Waals surface area (Å²) >= 11 is 0. The highest BCUT2D eigenvalue weighted by molar-refractivity contribution is 5.81. The predicted octanol–water partition coefficient (Wildman–Crippen LogP) is 1.53. The van der Waals surface area contributed by atoms with Gasteiger partial charge in [0.1, 0.15) is 17.7 Å². The van der Waals surface area contributed by atoms with E-state index in [4.69, 9.17) is 5.11 Å². The van der Waals surface area contributed by atoms with Gasteiger partial charge in [-0.15, -0.1) is 0 Å². The van der Waals surface area contributed by atoms with Gasteiger partial charge in [-0.1, -0.05) is 13.3 Å². The van der Waals surface area contributed by atoms with Gasteiger partial charge < -0.3 is 10.4 Å². The van der Waals surface area contributed by atoms with Gasteiger partial charge in [0.05, 0.1) is 0 Å². The van der Waals surface area contributed by atoms with Crippen molar-refractivity contribution in [3.8, 4) is 0 Å². The van der Waals surface area contributed by atoms with Crippen LogP contribution in [0.15, 0.2) is 18.6 Å². The summed E-state index contributed by atoms with van der Waals surface area (Å²) in [6.45, 7) is 3.60. The lowest BCUT2D eigenvalue weighted by Crippen LogP contribution is -2.43. The molecule has 15 heavy (non-hydrogen) atoms. The number of hydrogen-bond donors (Lipinski definition) is 2. The van der Waals surface area contributed by atoms with E-state index in [1.807, 2.05) is 6.92 Å². The number of anilines is 1. The fourth-order valence-corrected chi connectivity index (χ4v) is 1.37. The highest BCUT2D eigenvalue weighted by atomic mass is 16.4. The molecule has 1 unspecified atom stereocenters. The Morgan fingerprint density at radius 1 is 1.67 bits per heavy atom. The largest absolute Gasteiger partial charge is 0.480 e. The summed E-state index contributed by atoms with van der Waals surface area (Å²) in [5.74, 6) is -0.341. The summed E-state index contributed by atoms with van der Waals surface area (Å²) in [5.41, 5.74) is -0.969. The third kappa shape index (κ3) is 2.90. The lowest BCUT2D eigenvalue weighted by Gasteiger charge is -2.26. The molecule has 5 nitrogen and oxygen atoms in total. The highest BCUT2D eigenvalue weighted by Crippen LogP contribution is 2.18. The van der Waals surface area contributed by atoms with E-state index < -0.39 is 11.5 Å². The molecule has 0 spiro atoms. The maximum atomic E-state index is 11.1. The molecule has 1 aromatic heterocycles. The van der Waals surface area contributed by atoms with E-state index in [-0.39, 0.29) is 0 Å². The van der Waals surface area contributed by atoms with Gasteiger partial charge in [0, 0.05) is 6.20 Å². The number of carboxylic acid groups (broad SMARTS) is 1. The molecule has 0 bridgehead atoms. The molecule has 5 heteroatoms. The molecule has 1 rings (SSSR count). The fraction of sp³-hybridized carbons (Fsp3) is 0.500. The number of aromatic nitrogens is 2. The summed E-state index contributed by atoms with van der Waals surface area (Å²) in [7, 11) is 0. The first kappa shape index (κ1) is 11.4. The molecule has 0 aliphatic heterocycles. The first-order valence-electron chi connectivity index (χ1n) is 4.86. The zero-order chi connectivity index (χ0) is 11.3. The number of carbonyl (C=O) groups is 1. The van der Waals surface area contributed by atoms with Crippen molar-refractivity contribution in [2.45, 2.75) is 32.2 Å². The van der Waals surface area contributed by atoms with Gasteiger partial charge in [0.25, 0.3) is 0 Å². The van der Waals surface area contributed by atoms with Crippen molar-refractivity contribution in [3.05, 3.63) is 18.6 Å². The average molecular weight is 209 g/mol. The summed E-state index contributed by atoms with van der Waals surface area (Å²) in [4.78, 5) is 18.8. The smallest absolute Gasteiger partial charge is 0.329 e. The monoisotopic (exact) mass is 209 g/mol. The molecular weight excluding hydrogens is 194 g/mol. The zero-order valence-corrected chi connectivity index (χ0v) is 8.90. The standard InChI is InChI=1S/C10H15N3O2/c1-3-5-10(2,9(14)15)13-8-4-6-11-7-12-8/h4,6-7H,3,5H2,1-2H3,(H,14,15)(H,11,12,13). The van der Waals surface area contributed by atoms with Crippen LogP contribution in [0, 0.1) is 0 Å². The van der Waals surface area contributed by atoms with E-state index >= 15 is 0 Å². The third-order valence-electron chi connectivity index (χ3n) is 2.21. The quantitative estimate of drug-likeness (QED) is 0.769. The lowest BCUT2D eigenvalue weighted by atomic mass is 9.96. The highest BCUT2D eigenvalue weighted by Gasteiger charge is 2.32. The molecule has 0 aromatic carbocycles. The number of nitrogens with zero attached hydrogens (tertiary/aromatic N) is 2. The molecular formula is C10H15N3O2. The molecule has 1 heterocycles. The third-order valence-corrected chi connectivity index (χ3v) is 2.21. The Kier molecular flexibility index (Phi) is 3.60. The Hall–Kier alpha value is -1.65. The van der Waals surface area contributed by atoms with Crippen LogP contribution in [0.25, 0.3) is 0 Å². The van der Waals surface area contributed by atoms with Gasteiger partial charge in [0.2, 0.25) is 0 Å². The molecule has 0 amide bonds. The van der Waals surface area contributed by atoms with Gasteiger partial charge in [0.15, 0.2) is 0 Å². The first-order valence-corrected chi connectivity index (χ1v) is 4.86. The Morgan fingerprint density at radius 2 is 2.40 bits per heavy atom. The van der Waals surface area contributed by atoms with Crippen LogP contribution in [-0.2, 0) is 4.79 Å². The van der Waals surface area contributed by atoms with E-state index in [1.54, 1.807) is 19.2 Å². The van der Waals surface area contributed by atoms with Gasteiger partial charge in [-0.3, -0.25) is 0 Å². The van der Waals surface area contributed by atoms with Crippen LogP contribution in [0.3, 0.4) is 0 Å². The molecule has 1 atom stereocenters. The number of rotatable bonds is 5. The van der Waals surface area contributed by atoms with E-state index in [0.717, 1.165) is 6.42 Å². The lowest BCUT2D eigenvalue weighted by molar-refractivity contribution is -0.142. The van der Waals surface area contributed by atoms with Gasteiger partial charge in [-0.05, 0) is 19.4 Å². The van der Waals surface area contributed by atoms with Crippen molar-refractivity contribution in [2.75, 3.05) is 5.32 Å². The normalized spacial score (nSPS) is 14.3. The number of carboxylic acids is 1. The summed E-state index contributed by atoms with van der Waals surface area (Å²) < 4.78 is 0. The average Bonchev–Trinajstić information content (AvgIpc) is 2.19. The molecule has 0 fully saturated rings. The SMILES string of the molecule is CCCC(C)(Nc1ccncn1)C(=O)O. The molecule has 0 radical (unpaired) electrons. The minimum Gasteiger partial charge on any atom is -0.480 e. The summed E-state index contributed by atoms with van der Waals surface area (Å²) in [5, 5.41) is 12.0. The second-order valence-corrected chi connectivity index (χ2v) is 3.61. The van der Waals surface area contributed by atoms with Gasteiger partial charge in [-0.25, -0.2) is 14.8 Å². The summed E-state index contributed by atoms with van der Waals surface area (Å²) in [6, 6.07) is 1.65. The molecule has 0 saturated carbocycles. The molecule has 0 aliphatic carbocycles. The number of nitrogens with one attached hydrogen (secondary N) is 1. The second kappa shape index (κ2) is 4.72. The van der Waals surface area contributed by atoms with Gasteiger partial charge >= 0.3 is 5.97 Å². The Morgan fingerprint density at radius 3 is 2.87 bits per heavy atom. The van der Waals surface area contributed by atoms with Crippen molar-refractivity contribution in [1.82, 2.24) is 9.97 Å². The molecule has 82 valence electrons. The predicted molar refractivity (Wildman–Crippen MR) is 56.6 cm³/mol. The maximum absolute atomic E-state index is 11.1. The Labute approximate surface area is 88.6 Å². The molecule has 1 aromatic rings. The Bertz CT molecular complexity index is 329. The molecule has 0 aliphatic rings. The van der Waals surface area contributed by atoms with Crippen LogP contribution in [0.2, 0.25) is 0 Å². The first-order chi connectivity index (χ1) is 7.08. The van der Waals surface area contributed by atoms with Crippen LogP contribution in [0.4, 0.5) is 5.82 Å². The van der Waals surface area contributed by atoms with Crippen molar-refractivity contribution in [3.63, 3.8) is 0 Å². The van der Waals surface area contributed by atoms with Crippen LogP contribution in [0.5, 0.6) is 0 Å². The Balaban J connectivity index is 2.80. The van der Waals surface area contributed by atoms with Crippen LogP contribution < -0.4 is 5.32 Å². The van der Waals surface area contributed by atoms with Crippen LogP contribution in [0.1, 0.15) is 26.7 Å². The van der Waals surface area contributed by atoms with E-state index in [0.29, 0.717) is 12.2 Å². The van der Waals surface area contributed by atoms with E-state index in [2.05, 4.69) is 15.3 Å². The second-order valence-electron chi connectivity index (χ2n) is 3.61. The fourth-order valence-electron chi connectivity index (χ4n) is 1.37. The van der Waals surface area contributed by atoms with Crippen molar-refractivity contribution in [2.24, 2.45) is 0 Å². The van der Waals surface area contributed by atoms with Crippen molar-refractivity contribution in [1.29, 1.82) is 0 Å². The minimum atomic E-state index is -0.969.